The van der Waals surface area contributed by atoms with Crippen molar-refractivity contribution in [2.45, 2.75) is 17.2 Å². The average Bonchev–Trinajstić information content (AvgIpc) is 2.75. The van der Waals surface area contributed by atoms with Crippen LogP contribution in [0.25, 0.3) is 0 Å². The number of hydrogen-bond donors (Lipinski definition) is 1. The predicted molar refractivity (Wildman–Crippen MR) is 116 cm³/mol. The molecule has 0 saturated heterocycles. The lowest BCUT2D eigenvalue weighted by atomic mass is 9.91. The van der Waals surface area contributed by atoms with Crippen molar-refractivity contribution in [3.05, 3.63) is 94.5 Å². The van der Waals surface area contributed by atoms with E-state index in [9.17, 15) is 5.26 Å². The standard InChI is InChI=1S/C23H21ClN2OS/c1-27-22-9-11-23(12-10-22)28-26-16-20(13-17-5-7-21(24)8-6-17)19-4-2-3-18(14-19)15-25/h2-12,14,20,26H,13,16H2,1H3. The van der Waals surface area contributed by atoms with Crippen LogP contribution in [0, 0.1) is 11.3 Å². The highest BCUT2D eigenvalue weighted by Crippen LogP contribution is 2.25. The fourth-order valence-corrected chi connectivity index (χ4v) is 3.79. The largest absolute Gasteiger partial charge is 0.497 e. The second-order valence-corrected chi connectivity index (χ2v) is 7.79. The van der Waals surface area contributed by atoms with Crippen molar-refractivity contribution < 1.29 is 4.74 Å². The van der Waals surface area contributed by atoms with Crippen LogP contribution in [0.3, 0.4) is 0 Å². The molecule has 0 radical (unpaired) electrons. The van der Waals surface area contributed by atoms with Crippen molar-refractivity contribution in [2.75, 3.05) is 13.7 Å². The molecule has 1 unspecified atom stereocenters. The second-order valence-electron chi connectivity index (χ2n) is 6.39. The van der Waals surface area contributed by atoms with Gasteiger partial charge in [-0.3, -0.25) is 4.72 Å². The Morgan fingerprint density at radius 2 is 1.82 bits per heavy atom. The summed E-state index contributed by atoms with van der Waals surface area (Å²) in [6.45, 7) is 0.772. The molecule has 1 N–H and O–H groups in total. The van der Waals surface area contributed by atoms with E-state index in [1.807, 2.05) is 54.6 Å². The monoisotopic (exact) mass is 408 g/mol. The van der Waals surface area contributed by atoms with Gasteiger partial charge in [-0.2, -0.15) is 5.26 Å². The Kier molecular flexibility index (Phi) is 7.39. The van der Waals surface area contributed by atoms with Crippen molar-refractivity contribution in [1.82, 2.24) is 4.72 Å². The SMILES string of the molecule is COc1ccc(SNCC(Cc2ccc(Cl)cc2)c2cccc(C#N)c2)cc1. The van der Waals surface area contributed by atoms with Gasteiger partial charge in [0.25, 0.3) is 0 Å². The summed E-state index contributed by atoms with van der Waals surface area (Å²) >= 11 is 7.61. The molecule has 0 heterocycles. The average molecular weight is 409 g/mol. The number of ether oxygens (including phenoxy) is 1. The van der Waals surface area contributed by atoms with Gasteiger partial charge in [-0.05, 0) is 78.0 Å². The molecular weight excluding hydrogens is 388 g/mol. The first-order valence-corrected chi connectivity index (χ1v) is 10.2. The molecule has 3 rings (SSSR count). The molecule has 1 atom stereocenters. The zero-order valence-corrected chi connectivity index (χ0v) is 17.1. The Morgan fingerprint density at radius 1 is 1.07 bits per heavy atom. The molecule has 3 aromatic rings. The molecule has 0 saturated carbocycles. The first kappa shape index (κ1) is 20.3. The molecule has 5 heteroatoms. The van der Waals surface area contributed by atoms with Crippen LogP contribution in [0.2, 0.25) is 5.02 Å². The maximum Gasteiger partial charge on any atom is 0.118 e. The van der Waals surface area contributed by atoms with E-state index < -0.39 is 0 Å². The second kappa shape index (κ2) is 10.2. The quantitative estimate of drug-likeness (QED) is 0.475. The normalized spacial score (nSPS) is 11.6. The van der Waals surface area contributed by atoms with E-state index in [0.717, 1.165) is 34.2 Å². The Bertz CT molecular complexity index is 936. The van der Waals surface area contributed by atoms with E-state index in [1.54, 1.807) is 19.1 Å². The zero-order chi connectivity index (χ0) is 19.8. The van der Waals surface area contributed by atoms with Gasteiger partial charge in [0.15, 0.2) is 0 Å². The molecule has 0 fully saturated rings. The lowest BCUT2D eigenvalue weighted by molar-refractivity contribution is 0.414. The fourth-order valence-electron chi connectivity index (χ4n) is 2.94. The molecular formula is C23H21ClN2OS. The van der Waals surface area contributed by atoms with Crippen LogP contribution in [0.15, 0.2) is 77.7 Å². The van der Waals surface area contributed by atoms with Crippen LogP contribution in [-0.4, -0.2) is 13.7 Å². The number of rotatable bonds is 8. The summed E-state index contributed by atoms with van der Waals surface area (Å²) in [5.41, 5.74) is 3.05. The molecule has 0 aromatic heterocycles. The van der Waals surface area contributed by atoms with Gasteiger partial charge in [0.1, 0.15) is 5.75 Å². The van der Waals surface area contributed by atoms with Gasteiger partial charge in [0.2, 0.25) is 0 Å². The van der Waals surface area contributed by atoms with Gasteiger partial charge in [-0.15, -0.1) is 0 Å². The van der Waals surface area contributed by atoms with Gasteiger partial charge >= 0.3 is 0 Å². The molecule has 0 bridgehead atoms. The first-order chi connectivity index (χ1) is 13.7. The van der Waals surface area contributed by atoms with Crippen molar-refractivity contribution in [1.29, 1.82) is 5.26 Å². The summed E-state index contributed by atoms with van der Waals surface area (Å²) in [4.78, 5) is 1.12. The van der Waals surface area contributed by atoms with Crippen molar-refractivity contribution in [2.24, 2.45) is 0 Å². The third-order valence-electron chi connectivity index (χ3n) is 4.46. The van der Waals surface area contributed by atoms with Crippen LogP contribution in [0.4, 0.5) is 0 Å². The number of benzene rings is 3. The van der Waals surface area contributed by atoms with Crippen LogP contribution in [0.5, 0.6) is 5.75 Å². The summed E-state index contributed by atoms with van der Waals surface area (Å²) in [5, 5.41) is 9.97. The van der Waals surface area contributed by atoms with Crippen molar-refractivity contribution in [3.8, 4) is 11.8 Å². The Morgan fingerprint density at radius 3 is 2.50 bits per heavy atom. The highest BCUT2D eigenvalue weighted by Gasteiger charge is 2.13. The van der Waals surface area contributed by atoms with Gasteiger partial charge in [0, 0.05) is 22.4 Å². The summed E-state index contributed by atoms with van der Waals surface area (Å²) in [6, 6.07) is 26.0. The number of halogens is 1. The Hall–Kier alpha value is -2.45. The first-order valence-electron chi connectivity index (χ1n) is 8.96. The van der Waals surface area contributed by atoms with E-state index in [4.69, 9.17) is 16.3 Å². The summed E-state index contributed by atoms with van der Waals surface area (Å²) in [6.07, 6.45) is 0.863. The number of nitrogens with one attached hydrogen (secondary N) is 1. The fraction of sp³-hybridized carbons (Fsp3) is 0.174. The van der Waals surface area contributed by atoms with Crippen molar-refractivity contribution in [3.63, 3.8) is 0 Å². The number of methoxy groups -OCH3 is 1. The Balaban J connectivity index is 1.71. The molecule has 3 aromatic carbocycles. The number of hydrogen-bond acceptors (Lipinski definition) is 4. The van der Waals surface area contributed by atoms with Gasteiger partial charge in [-0.1, -0.05) is 35.9 Å². The maximum absolute atomic E-state index is 9.24. The Labute approximate surface area is 175 Å². The van der Waals surface area contributed by atoms with Crippen molar-refractivity contribution >= 4 is 23.5 Å². The zero-order valence-electron chi connectivity index (χ0n) is 15.6. The lowest BCUT2D eigenvalue weighted by Crippen LogP contribution is -2.18. The van der Waals surface area contributed by atoms with Crippen LogP contribution in [0.1, 0.15) is 22.6 Å². The highest BCUT2D eigenvalue weighted by molar-refractivity contribution is 7.97. The molecule has 3 nitrogen and oxygen atoms in total. The number of nitriles is 1. The number of nitrogens with zero attached hydrogens (tertiary/aromatic N) is 1. The molecule has 0 aliphatic heterocycles. The predicted octanol–water partition coefficient (Wildman–Crippen LogP) is 5.84. The molecule has 142 valence electrons. The summed E-state index contributed by atoms with van der Waals surface area (Å²) in [7, 11) is 1.66. The highest BCUT2D eigenvalue weighted by atomic mass is 35.5. The van der Waals surface area contributed by atoms with Gasteiger partial charge in [-0.25, -0.2) is 0 Å². The van der Waals surface area contributed by atoms with E-state index in [1.165, 1.54) is 5.56 Å². The van der Waals surface area contributed by atoms with E-state index in [2.05, 4.69) is 29.0 Å². The minimum absolute atomic E-state index is 0.236. The van der Waals surface area contributed by atoms with E-state index >= 15 is 0 Å². The minimum Gasteiger partial charge on any atom is -0.497 e. The molecule has 0 aliphatic rings. The summed E-state index contributed by atoms with van der Waals surface area (Å²) in [5.74, 6) is 1.08. The molecule has 0 spiro atoms. The summed E-state index contributed by atoms with van der Waals surface area (Å²) < 4.78 is 8.67. The van der Waals surface area contributed by atoms with Crippen LogP contribution < -0.4 is 9.46 Å². The maximum atomic E-state index is 9.24. The van der Waals surface area contributed by atoms with Crippen LogP contribution in [-0.2, 0) is 6.42 Å². The lowest BCUT2D eigenvalue weighted by Gasteiger charge is -2.18. The molecule has 0 aliphatic carbocycles. The van der Waals surface area contributed by atoms with E-state index in [0.29, 0.717) is 5.56 Å². The van der Waals surface area contributed by atoms with Gasteiger partial charge in [0.05, 0.1) is 18.7 Å². The molecule has 28 heavy (non-hydrogen) atoms. The minimum atomic E-state index is 0.236. The smallest absolute Gasteiger partial charge is 0.118 e. The molecule has 0 amide bonds. The third kappa shape index (κ3) is 5.77. The third-order valence-corrected chi connectivity index (χ3v) is 5.53. The van der Waals surface area contributed by atoms with Crippen LogP contribution >= 0.6 is 23.5 Å². The van der Waals surface area contributed by atoms with E-state index in [-0.39, 0.29) is 5.92 Å². The van der Waals surface area contributed by atoms with Gasteiger partial charge < -0.3 is 4.74 Å². The topological polar surface area (TPSA) is 45.0 Å².